The molecule has 0 fully saturated rings. The first-order valence-corrected chi connectivity index (χ1v) is 6.79. The van der Waals surface area contributed by atoms with E-state index in [4.69, 9.17) is 4.52 Å². The molecular weight excluding hydrogens is 264 g/mol. The molecule has 3 rings (SSSR count). The van der Waals surface area contributed by atoms with Gasteiger partial charge in [-0.15, -0.1) is 0 Å². The third-order valence-electron chi connectivity index (χ3n) is 3.52. The lowest BCUT2D eigenvalue weighted by molar-refractivity contribution is 0.0731. The maximum atomic E-state index is 11.3. The molecular formula is C17H16N2O2. The van der Waals surface area contributed by atoms with Crippen LogP contribution in [0.1, 0.15) is 22.6 Å². The van der Waals surface area contributed by atoms with Crippen molar-refractivity contribution in [2.24, 2.45) is 0 Å². The number of aromatic nitrogens is 2. The molecule has 4 heteroatoms. The average Bonchev–Trinajstić information content (AvgIpc) is 2.94. The molecule has 0 radical (unpaired) electrons. The molecule has 0 spiro atoms. The van der Waals surface area contributed by atoms with Gasteiger partial charge < -0.3 is 9.63 Å². The minimum atomic E-state index is -1.17. The molecule has 3 aromatic rings. The fourth-order valence-electron chi connectivity index (χ4n) is 2.46. The summed E-state index contributed by atoms with van der Waals surface area (Å²) in [5, 5.41) is 15.2. The van der Waals surface area contributed by atoms with E-state index in [2.05, 4.69) is 10.1 Å². The molecule has 1 atom stereocenters. The van der Waals surface area contributed by atoms with Gasteiger partial charge in [0.25, 0.3) is 0 Å². The highest BCUT2D eigenvalue weighted by atomic mass is 16.5. The lowest BCUT2D eigenvalue weighted by Crippen LogP contribution is -2.30. The van der Waals surface area contributed by atoms with E-state index < -0.39 is 5.60 Å². The number of aryl methyl sites for hydroxylation is 1. The second-order valence-electron chi connectivity index (χ2n) is 5.07. The largest absolute Gasteiger partial charge is 0.380 e. The van der Waals surface area contributed by atoms with Crippen LogP contribution in [0.2, 0.25) is 0 Å². The van der Waals surface area contributed by atoms with Crippen molar-refractivity contribution in [2.45, 2.75) is 18.9 Å². The Kier molecular flexibility index (Phi) is 3.54. The predicted octanol–water partition coefficient (Wildman–Crippen LogP) is 2.86. The van der Waals surface area contributed by atoms with Gasteiger partial charge in [-0.1, -0.05) is 35.5 Å². The summed E-state index contributed by atoms with van der Waals surface area (Å²) in [6.07, 6.45) is 3.67. The van der Waals surface area contributed by atoms with E-state index in [0.29, 0.717) is 12.2 Å². The maximum Gasteiger partial charge on any atom is 0.140 e. The van der Waals surface area contributed by atoms with Gasteiger partial charge in [0.05, 0.1) is 5.69 Å². The van der Waals surface area contributed by atoms with Crippen molar-refractivity contribution in [2.75, 3.05) is 0 Å². The van der Waals surface area contributed by atoms with Gasteiger partial charge in [-0.3, -0.25) is 4.98 Å². The lowest BCUT2D eigenvalue weighted by atomic mass is 9.83. The molecule has 21 heavy (non-hydrogen) atoms. The summed E-state index contributed by atoms with van der Waals surface area (Å²) >= 11 is 0. The molecule has 1 aromatic carbocycles. The number of hydrogen-bond donors (Lipinski definition) is 1. The zero-order valence-electron chi connectivity index (χ0n) is 11.7. The van der Waals surface area contributed by atoms with Crippen molar-refractivity contribution >= 4 is 0 Å². The zero-order valence-corrected chi connectivity index (χ0v) is 11.7. The minimum Gasteiger partial charge on any atom is -0.380 e. The molecule has 4 nitrogen and oxygen atoms in total. The Morgan fingerprint density at radius 2 is 1.71 bits per heavy atom. The first kappa shape index (κ1) is 13.5. The van der Waals surface area contributed by atoms with Crippen molar-refractivity contribution < 1.29 is 9.63 Å². The van der Waals surface area contributed by atoms with E-state index in [1.54, 1.807) is 12.4 Å². The Hall–Kier alpha value is -2.46. The van der Waals surface area contributed by atoms with Crippen molar-refractivity contribution in [3.05, 3.63) is 83.5 Å². The number of benzene rings is 1. The van der Waals surface area contributed by atoms with Gasteiger partial charge >= 0.3 is 0 Å². The summed E-state index contributed by atoms with van der Waals surface area (Å²) in [4.78, 5) is 4.02. The van der Waals surface area contributed by atoms with E-state index in [1.807, 2.05) is 55.5 Å². The molecule has 0 amide bonds. The van der Waals surface area contributed by atoms with Crippen LogP contribution in [0.25, 0.3) is 0 Å². The van der Waals surface area contributed by atoms with E-state index in [9.17, 15) is 5.11 Å². The van der Waals surface area contributed by atoms with E-state index in [1.165, 1.54) is 0 Å². The second-order valence-corrected chi connectivity index (χ2v) is 5.07. The van der Waals surface area contributed by atoms with Gasteiger partial charge in [-0.2, -0.15) is 0 Å². The first-order chi connectivity index (χ1) is 10.2. The number of hydrogen-bond acceptors (Lipinski definition) is 4. The fourth-order valence-corrected chi connectivity index (χ4v) is 2.46. The SMILES string of the molecule is Cc1cc(CC(O)(c2ccccc2)c2ccncc2)on1. The normalized spacial score (nSPS) is 13.8. The summed E-state index contributed by atoms with van der Waals surface area (Å²) in [5.41, 5.74) is 1.22. The zero-order chi connectivity index (χ0) is 14.7. The Morgan fingerprint density at radius 3 is 2.33 bits per heavy atom. The first-order valence-electron chi connectivity index (χ1n) is 6.79. The summed E-state index contributed by atoms with van der Waals surface area (Å²) in [6, 6.07) is 15.0. The standard InChI is InChI=1S/C17H16N2O2/c1-13-11-16(21-19-13)12-17(20,14-5-3-2-4-6-14)15-7-9-18-10-8-15/h2-11,20H,12H2,1H3. The highest BCUT2D eigenvalue weighted by Gasteiger charge is 2.33. The van der Waals surface area contributed by atoms with Crippen molar-refractivity contribution in [3.63, 3.8) is 0 Å². The molecule has 2 heterocycles. The molecule has 0 aliphatic carbocycles. The molecule has 0 bridgehead atoms. The van der Waals surface area contributed by atoms with Crippen LogP contribution in [0.3, 0.4) is 0 Å². The number of rotatable bonds is 4. The van der Waals surface area contributed by atoms with Crippen LogP contribution in [0, 0.1) is 6.92 Å². The van der Waals surface area contributed by atoms with Crippen LogP contribution in [0.15, 0.2) is 65.4 Å². The van der Waals surface area contributed by atoms with Crippen molar-refractivity contribution in [3.8, 4) is 0 Å². The Balaban J connectivity index is 2.07. The van der Waals surface area contributed by atoms with Gasteiger partial charge in [-0.25, -0.2) is 0 Å². The summed E-state index contributed by atoms with van der Waals surface area (Å²) < 4.78 is 5.28. The third kappa shape index (κ3) is 2.71. The van der Waals surface area contributed by atoms with E-state index >= 15 is 0 Å². The van der Waals surface area contributed by atoms with E-state index in [-0.39, 0.29) is 0 Å². The van der Waals surface area contributed by atoms with Crippen molar-refractivity contribution in [1.29, 1.82) is 0 Å². The Bertz CT molecular complexity index is 668. The lowest BCUT2D eigenvalue weighted by Gasteiger charge is -2.28. The molecule has 0 aliphatic heterocycles. The van der Waals surface area contributed by atoms with Crippen LogP contribution in [-0.4, -0.2) is 15.2 Å². The molecule has 2 aromatic heterocycles. The quantitative estimate of drug-likeness (QED) is 0.798. The van der Waals surface area contributed by atoms with Gasteiger partial charge in [0.2, 0.25) is 0 Å². The summed E-state index contributed by atoms with van der Waals surface area (Å²) in [6.45, 7) is 1.86. The summed E-state index contributed by atoms with van der Waals surface area (Å²) in [7, 11) is 0. The van der Waals surface area contributed by atoms with Gasteiger partial charge in [-0.05, 0) is 30.2 Å². The van der Waals surface area contributed by atoms with Crippen LogP contribution < -0.4 is 0 Å². The molecule has 1 N–H and O–H groups in total. The van der Waals surface area contributed by atoms with Crippen molar-refractivity contribution in [1.82, 2.24) is 10.1 Å². The third-order valence-corrected chi connectivity index (χ3v) is 3.52. The van der Waals surface area contributed by atoms with Crippen LogP contribution in [0.4, 0.5) is 0 Å². The molecule has 0 aliphatic rings. The van der Waals surface area contributed by atoms with Crippen LogP contribution >= 0.6 is 0 Å². The maximum absolute atomic E-state index is 11.3. The second kappa shape index (κ2) is 5.50. The Morgan fingerprint density at radius 1 is 1.05 bits per heavy atom. The van der Waals surface area contributed by atoms with Crippen LogP contribution in [-0.2, 0) is 12.0 Å². The molecule has 0 saturated carbocycles. The highest BCUT2D eigenvalue weighted by molar-refractivity contribution is 5.36. The van der Waals surface area contributed by atoms with E-state index in [0.717, 1.165) is 16.8 Å². The topological polar surface area (TPSA) is 59.2 Å². The molecule has 106 valence electrons. The fraction of sp³-hybridized carbons (Fsp3) is 0.176. The number of aliphatic hydroxyl groups is 1. The number of pyridine rings is 1. The van der Waals surface area contributed by atoms with Gasteiger partial charge in [0.1, 0.15) is 11.4 Å². The van der Waals surface area contributed by atoms with Crippen LogP contribution in [0.5, 0.6) is 0 Å². The van der Waals surface area contributed by atoms with Gasteiger partial charge in [0, 0.05) is 24.9 Å². The molecule has 0 saturated heterocycles. The minimum absolute atomic E-state index is 0.321. The predicted molar refractivity (Wildman–Crippen MR) is 78.6 cm³/mol. The Labute approximate surface area is 123 Å². The summed E-state index contributed by atoms with van der Waals surface area (Å²) in [5.74, 6) is 0.649. The van der Waals surface area contributed by atoms with Gasteiger partial charge in [0.15, 0.2) is 0 Å². The smallest absolute Gasteiger partial charge is 0.140 e. The molecule has 1 unspecified atom stereocenters. The highest BCUT2D eigenvalue weighted by Crippen LogP contribution is 2.33. The average molecular weight is 280 g/mol. The monoisotopic (exact) mass is 280 g/mol. The number of nitrogens with zero attached hydrogens (tertiary/aromatic N) is 2.